The van der Waals surface area contributed by atoms with Gasteiger partial charge in [0.05, 0.1) is 0 Å². The first kappa shape index (κ1) is 17.2. The summed E-state index contributed by atoms with van der Waals surface area (Å²) in [4.78, 5) is 25.0. The van der Waals surface area contributed by atoms with E-state index in [1.54, 1.807) is 6.92 Å². The predicted molar refractivity (Wildman–Crippen MR) is 99.4 cm³/mol. The van der Waals surface area contributed by atoms with Crippen LogP contribution >= 0.6 is 0 Å². The Balaban J connectivity index is 1.53. The summed E-state index contributed by atoms with van der Waals surface area (Å²) in [5.74, 6) is 2.50. The number of carbonyl (C=O) groups excluding carboxylic acids is 2. The molecule has 0 aromatic heterocycles. The van der Waals surface area contributed by atoms with E-state index >= 15 is 0 Å². The zero-order valence-corrected chi connectivity index (χ0v) is 16.2. The molecule has 0 radical (unpaired) electrons. The van der Waals surface area contributed by atoms with Crippen LogP contribution in [0.4, 0.5) is 0 Å². The fourth-order valence-corrected chi connectivity index (χ4v) is 8.87. The van der Waals surface area contributed by atoms with Gasteiger partial charge in [0.15, 0.2) is 11.6 Å². The third-order valence-corrected chi connectivity index (χ3v) is 9.99. The van der Waals surface area contributed by atoms with Crippen molar-refractivity contribution >= 4 is 11.6 Å². The van der Waals surface area contributed by atoms with Crippen molar-refractivity contribution in [1.29, 1.82) is 0 Å². The second-order valence-electron chi connectivity index (χ2n) is 10.3. The van der Waals surface area contributed by atoms with Gasteiger partial charge in [0.2, 0.25) is 0 Å². The highest BCUT2D eigenvalue weighted by molar-refractivity contribution is 5.91. The molecule has 0 amide bonds. The lowest BCUT2D eigenvalue weighted by molar-refractivity contribution is -0.148. The van der Waals surface area contributed by atoms with E-state index in [1.807, 2.05) is 6.08 Å². The van der Waals surface area contributed by atoms with E-state index < -0.39 is 6.10 Å². The summed E-state index contributed by atoms with van der Waals surface area (Å²) < 4.78 is 0. The van der Waals surface area contributed by atoms with Crippen LogP contribution in [0.3, 0.4) is 0 Å². The van der Waals surface area contributed by atoms with Crippen LogP contribution in [0.25, 0.3) is 0 Å². The maximum atomic E-state index is 13.1. The maximum Gasteiger partial charge on any atom is 0.167 e. The molecule has 142 valence electrons. The minimum atomic E-state index is -0.830. The molecule has 5 aliphatic carbocycles. The van der Waals surface area contributed by atoms with Crippen molar-refractivity contribution in [3.8, 4) is 0 Å². The van der Waals surface area contributed by atoms with E-state index in [1.165, 1.54) is 31.3 Å². The summed E-state index contributed by atoms with van der Waals surface area (Å²) in [6, 6.07) is 0. The number of rotatable bonds is 2. The van der Waals surface area contributed by atoms with Crippen LogP contribution in [0.15, 0.2) is 11.6 Å². The van der Waals surface area contributed by atoms with Gasteiger partial charge in [0.25, 0.3) is 0 Å². The maximum absolute atomic E-state index is 13.1. The lowest BCUT2D eigenvalue weighted by atomic mass is 9.45. The van der Waals surface area contributed by atoms with Gasteiger partial charge in [-0.3, -0.25) is 9.59 Å². The second kappa shape index (κ2) is 5.31. The summed E-state index contributed by atoms with van der Waals surface area (Å²) in [5.41, 5.74) is 1.53. The van der Waals surface area contributed by atoms with E-state index in [9.17, 15) is 14.7 Å². The SMILES string of the molecule is CC(O)C(=O)C12CCC3(CC1)[C@@H]1CCC4=CC(=O)CC[C@@H]4[C@H]1CC[C@]23C. The van der Waals surface area contributed by atoms with Gasteiger partial charge in [-0.15, -0.1) is 0 Å². The number of carbonyl (C=O) groups is 2. The number of ketones is 2. The van der Waals surface area contributed by atoms with Gasteiger partial charge in [-0.1, -0.05) is 12.5 Å². The van der Waals surface area contributed by atoms with Gasteiger partial charge < -0.3 is 5.11 Å². The van der Waals surface area contributed by atoms with Gasteiger partial charge in [-0.05, 0) is 99.4 Å². The van der Waals surface area contributed by atoms with Crippen LogP contribution < -0.4 is 0 Å². The van der Waals surface area contributed by atoms with Gasteiger partial charge >= 0.3 is 0 Å². The fraction of sp³-hybridized carbons (Fsp3) is 0.826. The molecule has 0 aliphatic heterocycles. The zero-order valence-electron chi connectivity index (χ0n) is 16.2. The highest BCUT2D eigenvalue weighted by Crippen LogP contribution is 2.81. The summed E-state index contributed by atoms with van der Waals surface area (Å²) in [5, 5.41) is 10.1. The molecule has 0 heterocycles. The molecule has 0 saturated heterocycles. The molecule has 4 saturated carbocycles. The van der Waals surface area contributed by atoms with Crippen molar-refractivity contribution < 1.29 is 14.7 Å². The van der Waals surface area contributed by atoms with Crippen LogP contribution in [0.2, 0.25) is 0 Å². The molecule has 0 aromatic carbocycles. The molecule has 4 fully saturated rings. The van der Waals surface area contributed by atoms with Gasteiger partial charge in [-0.25, -0.2) is 0 Å². The normalized spacial score (nSPS) is 50.5. The number of hydrogen-bond donors (Lipinski definition) is 1. The molecule has 3 heteroatoms. The van der Waals surface area contributed by atoms with Crippen LogP contribution in [0, 0.1) is 34.0 Å². The van der Waals surface area contributed by atoms with Gasteiger partial charge in [0.1, 0.15) is 6.10 Å². The lowest BCUT2D eigenvalue weighted by Crippen LogP contribution is -2.54. The number of aliphatic hydroxyl groups is 1. The number of allylic oxidation sites excluding steroid dienone is 1. The van der Waals surface area contributed by atoms with Crippen molar-refractivity contribution in [2.45, 2.75) is 84.2 Å². The first-order valence-electron chi connectivity index (χ1n) is 10.8. The quantitative estimate of drug-likeness (QED) is 0.805. The molecule has 5 aliphatic rings. The van der Waals surface area contributed by atoms with E-state index in [0.29, 0.717) is 29.0 Å². The highest BCUT2D eigenvalue weighted by atomic mass is 16.3. The first-order chi connectivity index (χ1) is 12.3. The van der Waals surface area contributed by atoms with Gasteiger partial charge in [-0.2, -0.15) is 0 Å². The summed E-state index contributed by atoms with van der Waals surface area (Å²) in [7, 11) is 0. The van der Waals surface area contributed by atoms with Crippen LogP contribution in [-0.4, -0.2) is 22.8 Å². The Bertz CT molecular complexity index is 694. The summed E-state index contributed by atoms with van der Waals surface area (Å²) in [6.07, 6.45) is 11.9. The number of aliphatic hydroxyl groups excluding tert-OH is 1. The Morgan fingerprint density at radius 1 is 1.12 bits per heavy atom. The Labute approximate surface area is 156 Å². The largest absolute Gasteiger partial charge is 0.386 e. The van der Waals surface area contributed by atoms with Crippen molar-refractivity contribution in [3.05, 3.63) is 11.6 Å². The van der Waals surface area contributed by atoms with E-state index in [-0.39, 0.29) is 16.6 Å². The smallest absolute Gasteiger partial charge is 0.167 e. The Hall–Kier alpha value is -0.960. The molecule has 0 spiro atoms. The molecular weight excluding hydrogens is 324 g/mol. The average Bonchev–Trinajstić information content (AvgIpc) is 3.05. The average molecular weight is 357 g/mol. The van der Waals surface area contributed by atoms with Crippen LogP contribution in [0.5, 0.6) is 0 Å². The van der Waals surface area contributed by atoms with Crippen LogP contribution in [0.1, 0.15) is 78.1 Å². The van der Waals surface area contributed by atoms with E-state index in [0.717, 1.165) is 38.5 Å². The second-order valence-corrected chi connectivity index (χ2v) is 10.3. The molecule has 0 aromatic rings. The number of hydrogen-bond acceptors (Lipinski definition) is 3. The standard InChI is InChI=1S/C23H32O3/c1-14(24)20(26)23-11-9-22(10-12-23)19-6-3-15-13-16(25)4-5-17(15)18(19)7-8-21(22,23)2/h13-14,17-19,24H,3-12H2,1-2H3/t14?,17-,18+,19+,21-,22?,23?/m0/s1. The molecular formula is C23H32O3. The minimum absolute atomic E-state index is 0.0704. The third-order valence-electron chi connectivity index (χ3n) is 9.99. The molecule has 5 rings (SSSR count). The zero-order chi connectivity index (χ0) is 18.3. The Morgan fingerprint density at radius 2 is 1.85 bits per heavy atom. The Kier molecular flexibility index (Phi) is 3.50. The number of Topliss-reactive ketones (excluding diaryl/α,β-unsaturated/α-hetero) is 1. The van der Waals surface area contributed by atoms with E-state index in [2.05, 4.69) is 6.92 Å². The fourth-order valence-electron chi connectivity index (χ4n) is 8.87. The first-order valence-corrected chi connectivity index (χ1v) is 10.8. The summed E-state index contributed by atoms with van der Waals surface area (Å²) >= 11 is 0. The highest BCUT2D eigenvalue weighted by Gasteiger charge is 2.75. The molecule has 3 nitrogen and oxygen atoms in total. The number of fused-ring (bicyclic) bond motifs is 3. The minimum Gasteiger partial charge on any atom is -0.386 e. The molecule has 1 unspecified atom stereocenters. The molecule has 26 heavy (non-hydrogen) atoms. The predicted octanol–water partition coefficient (Wildman–Crippen LogP) is 4.23. The van der Waals surface area contributed by atoms with Crippen molar-refractivity contribution in [2.75, 3.05) is 0 Å². The van der Waals surface area contributed by atoms with Crippen molar-refractivity contribution in [3.63, 3.8) is 0 Å². The van der Waals surface area contributed by atoms with Crippen molar-refractivity contribution in [2.24, 2.45) is 34.0 Å². The van der Waals surface area contributed by atoms with Gasteiger partial charge in [0, 0.05) is 11.8 Å². The molecule has 2 bridgehead atoms. The van der Waals surface area contributed by atoms with Crippen molar-refractivity contribution in [1.82, 2.24) is 0 Å². The molecule has 1 N–H and O–H groups in total. The lowest BCUT2D eigenvalue weighted by Gasteiger charge is -2.59. The summed E-state index contributed by atoms with van der Waals surface area (Å²) in [6.45, 7) is 4.07. The van der Waals surface area contributed by atoms with Crippen LogP contribution in [-0.2, 0) is 9.59 Å². The topological polar surface area (TPSA) is 54.4 Å². The van der Waals surface area contributed by atoms with E-state index in [4.69, 9.17) is 0 Å². The monoisotopic (exact) mass is 356 g/mol. The third kappa shape index (κ3) is 1.79. The molecule has 5 atom stereocenters. The Morgan fingerprint density at radius 3 is 2.54 bits per heavy atom.